The van der Waals surface area contributed by atoms with E-state index in [1.54, 1.807) is 26.8 Å². The first kappa shape index (κ1) is 23.3. The number of carbonyl (C=O) groups is 1. The molecule has 1 aromatic heterocycles. The van der Waals surface area contributed by atoms with Gasteiger partial charge in [-0.2, -0.15) is 4.72 Å². The number of aromatic amines is 1. The van der Waals surface area contributed by atoms with E-state index in [2.05, 4.69) is 14.9 Å². The number of amides is 1. The number of rotatable bonds is 7. The molecule has 0 aliphatic heterocycles. The number of aryl methyl sites for hydroxylation is 1. The topological polar surface area (TPSA) is 154 Å². The minimum Gasteiger partial charge on any atom is -0.391 e. The van der Waals surface area contributed by atoms with Crippen LogP contribution in [-0.4, -0.2) is 29.7 Å². The van der Waals surface area contributed by atoms with Crippen molar-refractivity contribution in [1.29, 1.82) is 0 Å². The van der Waals surface area contributed by atoms with Crippen molar-refractivity contribution in [2.24, 2.45) is 0 Å². The van der Waals surface area contributed by atoms with Crippen molar-refractivity contribution in [3.05, 3.63) is 80.9 Å². The van der Waals surface area contributed by atoms with Gasteiger partial charge < -0.3 is 4.42 Å². The molecule has 3 rings (SSSR count). The molecule has 0 fully saturated rings. The van der Waals surface area contributed by atoms with Crippen molar-refractivity contribution in [2.75, 3.05) is 0 Å². The zero-order chi connectivity index (χ0) is 23.6. The van der Waals surface area contributed by atoms with Crippen LogP contribution in [0.5, 0.6) is 0 Å². The molecule has 0 aliphatic carbocycles. The zero-order valence-electron chi connectivity index (χ0n) is 17.3. The SMILES string of the molecule is Cc1ccc(F)c(C(C)C(NS(=O)(=O)c2ccccc2C(=O)NO)c2n[nH]c(=O)o2)c1C. The number of halogens is 1. The second-order valence-electron chi connectivity index (χ2n) is 7.18. The Kier molecular flexibility index (Phi) is 6.57. The van der Waals surface area contributed by atoms with Crippen LogP contribution in [0.3, 0.4) is 0 Å². The molecule has 0 bridgehead atoms. The fourth-order valence-electron chi connectivity index (χ4n) is 3.45. The van der Waals surface area contributed by atoms with Gasteiger partial charge in [0.25, 0.3) is 5.91 Å². The summed E-state index contributed by atoms with van der Waals surface area (Å²) in [6, 6.07) is 6.73. The van der Waals surface area contributed by atoms with E-state index in [1.807, 2.05) is 0 Å². The average molecular weight is 464 g/mol. The van der Waals surface area contributed by atoms with Gasteiger partial charge in [-0.05, 0) is 48.7 Å². The molecule has 2 unspecified atom stereocenters. The Hall–Kier alpha value is -3.35. The van der Waals surface area contributed by atoms with E-state index in [9.17, 15) is 22.4 Å². The van der Waals surface area contributed by atoms with Gasteiger partial charge in [0.05, 0.1) is 10.5 Å². The number of benzene rings is 2. The molecule has 0 saturated carbocycles. The summed E-state index contributed by atoms with van der Waals surface area (Å²) in [5.41, 5.74) is 2.66. The van der Waals surface area contributed by atoms with Gasteiger partial charge >= 0.3 is 5.76 Å². The van der Waals surface area contributed by atoms with E-state index < -0.39 is 44.4 Å². The van der Waals surface area contributed by atoms with E-state index in [0.29, 0.717) is 5.56 Å². The maximum absolute atomic E-state index is 14.8. The summed E-state index contributed by atoms with van der Waals surface area (Å²) in [6.45, 7) is 5.03. The predicted octanol–water partition coefficient (Wildman–Crippen LogP) is 2.06. The first-order chi connectivity index (χ1) is 15.1. The number of carbonyl (C=O) groups excluding carboxylic acids is 1. The molecule has 0 saturated heterocycles. The van der Waals surface area contributed by atoms with Gasteiger partial charge in [0.1, 0.15) is 11.9 Å². The molecule has 170 valence electrons. The van der Waals surface area contributed by atoms with Gasteiger partial charge in [-0.25, -0.2) is 28.2 Å². The fourth-order valence-corrected chi connectivity index (χ4v) is 4.92. The number of nitrogens with zero attached hydrogens (tertiary/aromatic N) is 1. The highest BCUT2D eigenvalue weighted by molar-refractivity contribution is 7.89. The highest BCUT2D eigenvalue weighted by Gasteiger charge is 2.34. The van der Waals surface area contributed by atoms with Crippen molar-refractivity contribution in [3.8, 4) is 0 Å². The second-order valence-corrected chi connectivity index (χ2v) is 8.86. The minimum absolute atomic E-state index is 0.213. The lowest BCUT2D eigenvalue weighted by Crippen LogP contribution is -2.34. The molecular formula is C20H21FN4O6S. The molecule has 32 heavy (non-hydrogen) atoms. The van der Waals surface area contributed by atoms with Crippen LogP contribution in [0.2, 0.25) is 0 Å². The van der Waals surface area contributed by atoms with Crippen molar-refractivity contribution in [2.45, 2.75) is 37.6 Å². The average Bonchev–Trinajstić information content (AvgIpc) is 3.20. The van der Waals surface area contributed by atoms with E-state index in [-0.39, 0.29) is 17.0 Å². The summed E-state index contributed by atoms with van der Waals surface area (Å²) in [5.74, 6) is -3.70. The molecule has 4 N–H and O–H groups in total. The molecule has 0 spiro atoms. The first-order valence-corrected chi connectivity index (χ1v) is 10.9. The van der Waals surface area contributed by atoms with E-state index >= 15 is 0 Å². The Morgan fingerprint density at radius 1 is 1.22 bits per heavy atom. The number of nitrogens with one attached hydrogen (secondary N) is 3. The molecule has 0 aliphatic rings. The maximum Gasteiger partial charge on any atom is 0.434 e. The zero-order valence-corrected chi connectivity index (χ0v) is 18.2. The smallest absolute Gasteiger partial charge is 0.391 e. The number of H-pyrrole nitrogens is 1. The van der Waals surface area contributed by atoms with Crippen LogP contribution < -0.4 is 16.0 Å². The summed E-state index contributed by atoms with van der Waals surface area (Å²) in [4.78, 5) is 23.0. The van der Waals surface area contributed by atoms with Crippen LogP contribution in [-0.2, 0) is 10.0 Å². The second kappa shape index (κ2) is 9.02. The lowest BCUT2D eigenvalue weighted by molar-refractivity contribution is 0.0702. The number of aromatic nitrogens is 2. The normalized spacial score (nSPS) is 13.5. The Morgan fingerprint density at radius 3 is 2.53 bits per heavy atom. The highest BCUT2D eigenvalue weighted by Crippen LogP contribution is 2.35. The lowest BCUT2D eigenvalue weighted by atomic mass is 9.88. The summed E-state index contributed by atoms with van der Waals surface area (Å²) in [7, 11) is -4.43. The van der Waals surface area contributed by atoms with Crippen LogP contribution >= 0.6 is 0 Å². The minimum atomic E-state index is -4.43. The van der Waals surface area contributed by atoms with Gasteiger partial charge in [0.15, 0.2) is 0 Å². The van der Waals surface area contributed by atoms with Crippen LogP contribution in [0.25, 0.3) is 0 Å². The maximum atomic E-state index is 14.8. The number of sulfonamides is 1. The molecule has 1 amide bonds. The third-order valence-corrected chi connectivity index (χ3v) is 6.71. The quantitative estimate of drug-likeness (QED) is 0.308. The largest absolute Gasteiger partial charge is 0.434 e. The monoisotopic (exact) mass is 464 g/mol. The van der Waals surface area contributed by atoms with E-state index in [1.165, 1.54) is 29.7 Å². The van der Waals surface area contributed by atoms with Gasteiger partial charge in [0.2, 0.25) is 15.9 Å². The molecule has 2 aromatic carbocycles. The fraction of sp³-hybridized carbons (Fsp3) is 0.250. The summed E-state index contributed by atoms with van der Waals surface area (Å²) < 4.78 is 48.5. The summed E-state index contributed by atoms with van der Waals surface area (Å²) in [6.07, 6.45) is 0. The van der Waals surface area contributed by atoms with E-state index in [4.69, 9.17) is 9.62 Å². The Morgan fingerprint density at radius 2 is 1.91 bits per heavy atom. The Balaban J connectivity index is 2.13. The molecule has 2 atom stereocenters. The Bertz CT molecular complexity index is 1320. The first-order valence-electron chi connectivity index (χ1n) is 9.43. The van der Waals surface area contributed by atoms with Crippen LogP contribution in [0.4, 0.5) is 4.39 Å². The summed E-state index contributed by atoms with van der Waals surface area (Å²) in [5, 5.41) is 14.7. The van der Waals surface area contributed by atoms with Crippen LogP contribution in [0.1, 0.15) is 51.8 Å². The Labute approximate surface area is 182 Å². The molecule has 12 heteroatoms. The van der Waals surface area contributed by atoms with E-state index in [0.717, 1.165) is 11.6 Å². The molecule has 0 radical (unpaired) electrons. The highest BCUT2D eigenvalue weighted by atomic mass is 32.2. The standard InChI is InChI=1S/C20H21FN4O6S/c1-10-8-9-14(21)16(11(10)2)12(3)17(19-22-23-20(27)31-19)25-32(29,30)15-7-5-4-6-13(15)18(26)24-28/h4-9,12,17,25,28H,1-3H3,(H,23,27)(H,24,26). The summed E-state index contributed by atoms with van der Waals surface area (Å²) >= 11 is 0. The molecule has 3 aromatic rings. The van der Waals surface area contributed by atoms with Gasteiger partial charge in [0, 0.05) is 5.92 Å². The van der Waals surface area contributed by atoms with Crippen molar-refractivity contribution < 1.29 is 27.2 Å². The van der Waals surface area contributed by atoms with Crippen molar-refractivity contribution in [3.63, 3.8) is 0 Å². The number of hydroxylamine groups is 1. The van der Waals surface area contributed by atoms with Crippen molar-refractivity contribution >= 4 is 15.9 Å². The van der Waals surface area contributed by atoms with Gasteiger partial charge in [-0.15, -0.1) is 5.10 Å². The molecular weight excluding hydrogens is 443 g/mol. The van der Waals surface area contributed by atoms with Crippen molar-refractivity contribution in [1.82, 2.24) is 20.4 Å². The third kappa shape index (κ3) is 4.47. The van der Waals surface area contributed by atoms with Crippen LogP contribution in [0, 0.1) is 19.7 Å². The lowest BCUT2D eigenvalue weighted by Gasteiger charge is -2.25. The third-order valence-electron chi connectivity index (χ3n) is 5.21. The predicted molar refractivity (Wildman–Crippen MR) is 110 cm³/mol. The van der Waals surface area contributed by atoms with Gasteiger partial charge in [-0.3, -0.25) is 10.0 Å². The number of hydrogen-bond acceptors (Lipinski definition) is 7. The van der Waals surface area contributed by atoms with Gasteiger partial charge in [-0.1, -0.05) is 25.1 Å². The molecule has 10 nitrogen and oxygen atoms in total. The molecule has 1 heterocycles. The number of hydrogen-bond donors (Lipinski definition) is 4. The van der Waals surface area contributed by atoms with Crippen LogP contribution in [0.15, 0.2) is 50.5 Å².